The van der Waals surface area contributed by atoms with Crippen molar-refractivity contribution in [1.29, 1.82) is 0 Å². The van der Waals surface area contributed by atoms with Crippen LogP contribution in [0.2, 0.25) is 0 Å². The molecule has 1 aromatic carbocycles. The van der Waals surface area contributed by atoms with Crippen LogP contribution in [0.3, 0.4) is 0 Å². The summed E-state index contributed by atoms with van der Waals surface area (Å²) in [5.74, 6) is -1.29. The molecule has 0 atom stereocenters. The molecule has 0 aromatic heterocycles. The lowest BCUT2D eigenvalue weighted by molar-refractivity contribution is -0.138. The molecule has 0 aliphatic carbocycles. The number of carboxylic acids is 1. The molecule has 0 saturated carbocycles. The van der Waals surface area contributed by atoms with E-state index >= 15 is 0 Å². The Morgan fingerprint density at radius 1 is 1.47 bits per heavy atom. The zero-order valence-electron chi connectivity index (χ0n) is 10.4. The van der Waals surface area contributed by atoms with Gasteiger partial charge in [-0.2, -0.15) is 0 Å². The van der Waals surface area contributed by atoms with Gasteiger partial charge in [0.25, 0.3) is 0 Å². The first-order valence-electron chi connectivity index (χ1n) is 5.34. The Balaban J connectivity index is 3.44. The van der Waals surface area contributed by atoms with Gasteiger partial charge in [-0.15, -0.1) is 0 Å². The summed E-state index contributed by atoms with van der Waals surface area (Å²) in [7, 11) is 0. The van der Waals surface area contributed by atoms with E-state index in [1.165, 1.54) is 0 Å². The van der Waals surface area contributed by atoms with Gasteiger partial charge in [0.05, 0.1) is 10.9 Å². The van der Waals surface area contributed by atoms with Crippen molar-refractivity contribution >= 4 is 21.9 Å². The maximum atomic E-state index is 14.1. The van der Waals surface area contributed by atoms with Gasteiger partial charge in [0, 0.05) is 5.41 Å². The van der Waals surface area contributed by atoms with E-state index in [-0.39, 0.29) is 12.2 Å². The highest BCUT2D eigenvalue weighted by Crippen LogP contribution is 2.36. The third kappa shape index (κ3) is 2.86. The molecule has 4 heteroatoms. The SMILES string of the molecule is Cc1cc(Br)c(F)c(C(C)(C)CC(=O)O)c1C. The van der Waals surface area contributed by atoms with Crippen LogP contribution in [0.25, 0.3) is 0 Å². The molecule has 0 heterocycles. The van der Waals surface area contributed by atoms with E-state index in [1.54, 1.807) is 19.9 Å². The van der Waals surface area contributed by atoms with E-state index in [9.17, 15) is 9.18 Å². The van der Waals surface area contributed by atoms with Gasteiger partial charge in [0.15, 0.2) is 0 Å². The van der Waals surface area contributed by atoms with Crippen LogP contribution in [0.1, 0.15) is 37.0 Å². The summed E-state index contributed by atoms with van der Waals surface area (Å²) < 4.78 is 14.5. The molecule has 94 valence electrons. The predicted octanol–water partition coefficient (Wildman–Crippen LogP) is 3.96. The number of aliphatic carboxylic acids is 1. The van der Waals surface area contributed by atoms with Crippen LogP contribution in [0.15, 0.2) is 10.5 Å². The molecular formula is C13H16BrFO2. The molecule has 17 heavy (non-hydrogen) atoms. The average molecular weight is 303 g/mol. The summed E-state index contributed by atoms with van der Waals surface area (Å²) in [5.41, 5.74) is 1.52. The van der Waals surface area contributed by atoms with Gasteiger partial charge in [0.1, 0.15) is 5.82 Å². The number of aryl methyl sites for hydroxylation is 1. The Hall–Kier alpha value is -0.900. The minimum absolute atomic E-state index is 0.0966. The Morgan fingerprint density at radius 3 is 2.47 bits per heavy atom. The highest BCUT2D eigenvalue weighted by atomic mass is 79.9. The molecule has 0 aliphatic heterocycles. The van der Waals surface area contributed by atoms with E-state index in [0.29, 0.717) is 10.0 Å². The molecule has 0 fully saturated rings. The smallest absolute Gasteiger partial charge is 0.304 e. The van der Waals surface area contributed by atoms with Gasteiger partial charge in [-0.3, -0.25) is 4.79 Å². The Morgan fingerprint density at radius 2 is 2.00 bits per heavy atom. The molecule has 0 spiro atoms. The minimum Gasteiger partial charge on any atom is -0.481 e. The van der Waals surface area contributed by atoms with Crippen LogP contribution in [0.5, 0.6) is 0 Å². The Bertz CT molecular complexity index is 441. The molecule has 1 aromatic rings. The molecule has 0 unspecified atom stereocenters. The molecule has 2 nitrogen and oxygen atoms in total. The van der Waals surface area contributed by atoms with Crippen LogP contribution in [0, 0.1) is 19.7 Å². The van der Waals surface area contributed by atoms with Gasteiger partial charge in [0.2, 0.25) is 0 Å². The quantitative estimate of drug-likeness (QED) is 0.917. The van der Waals surface area contributed by atoms with Gasteiger partial charge in [-0.25, -0.2) is 4.39 Å². The van der Waals surface area contributed by atoms with Crippen molar-refractivity contribution in [1.82, 2.24) is 0 Å². The van der Waals surface area contributed by atoms with E-state index in [4.69, 9.17) is 5.11 Å². The van der Waals surface area contributed by atoms with Gasteiger partial charge in [-0.1, -0.05) is 13.8 Å². The first kappa shape index (κ1) is 14.2. The third-order valence-corrected chi connectivity index (χ3v) is 3.59. The second-order valence-corrected chi connectivity index (χ2v) is 5.80. The molecule has 0 bridgehead atoms. The fourth-order valence-electron chi connectivity index (χ4n) is 2.11. The van der Waals surface area contributed by atoms with Crippen molar-refractivity contribution in [2.24, 2.45) is 0 Å². The second kappa shape index (κ2) is 4.77. The van der Waals surface area contributed by atoms with Crippen molar-refractivity contribution in [2.75, 3.05) is 0 Å². The molecule has 1 rings (SSSR count). The summed E-state index contributed by atoms with van der Waals surface area (Å²) in [6.07, 6.45) is -0.0966. The lowest BCUT2D eigenvalue weighted by Crippen LogP contribution is -2.25. The zero-order chi connectivity index (χ0) is 13.4. The van der Waals surface area contributed by atoms with Gasteiger partial charge >= 0.3 is 5.97 Å². The number of hydrogen-bond donors (Lipinski definition) is 1. The maximum absolute atomic E-state index is 14.1. The summed E-state index contributed by atoms with van der Waals surface area (Å²) in [5, 5.41) is 8.90. The van der Waals surface area contributed by atoms with Crippen molar-refractivity contribution in [2.45, 2.75) is 39.5 Å². The van der Waals surface area contributed by atoms with Crippen LogP contribution in [-0.4, -0.2) is 11.1 Å². The van der Waals surface area contributed by atoms with E-state index in [0.717, 1.165) is 11.1 Å². The first-order chi connectivity index (χ1) is 7.66. The van der Waals surface area contributed by atoms with Crippen molar-refractivity contribution < 1.29 is 14.3 Å². The lowest BCUT2D eigenvalue weighted by Gasteiger charge is -2.27. The zero-order valence-corrected chi connectivity index (χ0v) is 12.0. The summed E-state index contributed by atoms with van der Waals surface area (Å²) in [4.78, 5) is 10.8. The number of carbonyl (C=O) groups is 1. The third-order valence-electron chi connectivity index (χ3n) is 3.01. The van der Waals surface area contributed by atoms with E-state index < -0.39 is 11.4 Å². The molecule has 0 radical (unpaired) electrons. The van der Waals surface area contributed by atoms with Crippen molar-refractivity contribution in [3.63, 3.8) is 0 Å². The van der Waals surface area contributed by atoms with E-state index in [2.05, 4.69) is 15.9 Å². The maximum Gasteiger partial charge on any atom is 0.304 e. The van der Waals surface area contributed by atoms with Gasteiger partial charge in [-0.05, 0) is 52.5 Å². The summed E-state index contributed by atoms with van der Waals surface area (Å²) in [6.45, 7) is 7.21. The van der Waals surface area contributed by atoms with Crippen molar-refractivity contribution in [3.8, 4) is 0 Å². The fraction of sp³-hybridized carbons (Fsp3) is 0.462. The largest absolute Gasteiger partial charge is 0.481 e. The monoisotopic (exact) mass is 302 g/mol. The fourth-order valence-corrected chi connectivity index (χ4v) is 2.66. The molecule has 0 aliphatic rings. The molecule has 1 N–H and O–H groups in total. The average Bonchev–Trinajstić information content (AvgIpc) is 2.12. The van der Waals surface area contributed by atoms with Gasteiger partial charge < -0.3 is 5.11 Å². The number of hydrogen-bond acceptors (Lipinski definition) is 1. The molecule has 0 saturated heterocycles. The minimum atomic E-state index is -0.925. The summed E-state index contributed by atoms with van der Waals surface area (Å²) >= 11 is 3.17. The van der Waals surface area contributed by atoms with Crippen LogP contribution >= 0.6 is 15.9 Å². The number of benzene rings is 1. The number of rotatable bonds is 3. The lowest BCUT2D eigenvalue weighted by atomic mass is 9.78. The highest BCUT2D eigenvalue weighted by molar-refractivity contribution is 9.10. The summed E-state index contributed by atoms with van der Waals surface area (Å²) in [6, 6.07) is 1.71. The van der Waals surface area contributed by atoms with Crippen LogP contribution in [-0.2, 0) is 10.2 Å². The van der Waals surface area contributed by atoms with E-state index in [1.807, 2.05) is 13.8 Å². The Labute approximate surface area is 109 Å². The normalized spacial score (nSPS) is 11.6. The molecular weight excluding hydrogens is 287 g/mol. The number of carboxylic acid groups (broad SMARTS) is 1. The second-order valence-electron chi connectivity index (χ2n) is 4.94. The number of halogens is 2. The van der Waals surface area contributed by atoms with Crippen molar-refractivity contribution in [3.05, 3.63) is 33.0 Å². The Kier molecular flexibility index (Phi) is 3.97. The standard InChI is InChI=1S/C13H16BrFO2/c1-7-5-9(14)12(15)11(8(7)2)13(3,4)6-10(16)17/h5H,6H2,1-4H3,(H,16,17). The molecule has 0 amide bonds. The topological polar surface area (TPSA) is 37.3 Å². The van der Waals surface area contributed by atoms with Crippen LogP contribution in [0.4, 0.5) is 4.39 Å². The predicted molar refractivity (Wildman–Crippen MR) is 68.9 cm³/mol. The first-order valence-corrected chi connectivity index (χ1v) is 6.13. The highest BCUT2D eigenvalue weighted by Gasteiger charge is 2.30. The van der Waals surface area contributed by atoms with Crippen LogP contribution < -0.4 is 0 Å².